The first kappa shape index (κ1) is 27.4. The minimum Gasteiger partial charge on any atom is -0.0146 e. The van der Waals surface area contributed by atoms with E-state index in [2.05, 4.69) is 9.57 Å². The molecule has 1 atom stereocenters. The van der Waals surface area contributed by atoms with E-state index in [4.69, 9.17) is 11.6 Å². The molecule has 2 aromatic rings. The van der Waals surface area contributed by atoms with Gasteiger partial charge in [-0.1, -0.05) is 6.07 Å². The van der Waals surface area contributed by atoms with Gasteiger partial charge in [-0.25, -0.2) is 0 Å². The van der Waals surface area contributed by atoms with Crippen molar-refractivity contribution in [3.8, 4) is 5.75 Å². The van der Waals surface area contributed by atoms with E-state index in [1.807, 2.05) is 0 Å². The number of rotatable bonds is 8. The Labute approximate surface area is 206 Å². The van der Waals surface area contributed by atoms with E-state index in [0.717, 1.165) is 6.07 Å². The zero-order valence-electron chi connectivity index (χ0n) is 16.8. The number of carbonyl (C=O) groups is 1. The molecule has 0 amide bonds. The molecular formula is C18H21I2N2O12-. The van der Waals surface area contributed by atoms with Gasteiger partial charge in [0.1, 0.15) is 5.75 Å². The molecule has 16 heteroatoms. The third-order valence-electron chi connectivity index (χ3n) is 5.04. The van der Waals surface area contributed by atoms with E-state index in [0.29, 0.717) is 16.5 Å². The van der Waals surface area contributed by atoms with Crippen molar-refractivity contribution >= 4 is 37.0 Å². The first-order valence-corrected chi connectivity index (χ1v) is 17.9. The van der Waals surface area contributed by atoms with Crippen LogP contribution in [0.4, 0.5) is 0 Å². The Balaban J connectivity index is 1.89. The summed E-state index contributed by atoms with van der Waals surface area (Å²) in [6.45, 7) is 0. The number of fused-ring (bicyclic) bond motifs is 1. The molecule has 0 saturated heterocycles. The van der Waals surface area contributed by atoms with Crippen LogP contribution in [0.5, 0.6) is 5.75 Å². The van der Waals surface area contributed by atoms with Crippen LogP contribution < -0.4 is 33.7 Å². The van der Waals surface area contributed by atoms with Gasteiger partial charge in [-0.15, -0.1) is 0 Å². The van der Waals surface area contributed by atoms with Gasteiger partial charge >= 0.3 is 167 Å². The molecule has 0 spiro atoms. The predicted molar refractivity (Wildman–Crippen MR) is 116 cm³/mol. The Morgan fingerprint density at radius 2 is 1.47 bits per heavy atom. The number of aliphatic hydroxyl groups is 9. The maximum absolute atomic E-state index is 12.5. The SMILES string of the molecule is NOc1ccc2cc([C@@](N)(O)C(=O)OC(O)(O)C(O)(O)C(O)(O)C(O)(O)C3=I[I-]C3)ccc2c1. The monoisotopic (exact) mass is 711 g/mol. The Morgan fingerprint density at radius 3 is 2.00 bits per heavy atom. The number of halogens is 2. The number of alkyl halides is 1. The molecule has 34 heavy (non-hydrogen) atoms. The molecule has 0 saturated carbocycles. The molecule has 1 heterocycles. The molecule has 1 aliphatic rings. The smallest absolute Gasteiger partial charge is 0.0146 e. The molecule has 1 aliphatic heterocycles. The Kier molecular flexibility index (Phi) is 7.32. The Morgan fingerprint density at radius 1 is 0.912 bits per heavy atom. The summed E-state index contributed by atoms with van der Waals surface area (Å²) >= 11 is -1.37. The molecule has 190 valence electrons. The van der Waals surface area contributed by atoms with Crippen LogP contribution >= 0.6 is 16.8 Å². The summed E-state index contributed by atoms with van der Waals surface area (Å²) in [6.07, 6.45) is 0. The topological polar surface area (TPSA) is 270 Å². The molecule has 0 radical (unpaired) electrons. The van der Waals surface area contributed by atoms with E-state index in [-0.39, 0.29) is 13.5 Å². The van der Waals surface area contributed by atoms with Gasteiger partial charge in [0, 0.05) is 0 Å². The number of benzene rings is 2. The number of hydrogen-bond acceptors (Lipinski definition) is 14. The van der Waals surface area contributed by atoms with Crippen LogP contribution in [-0.2, 0) is 15.3 Å². The number of esters is 1. The van der Waals surface area contributed by atoms with E-state index in [1.165, 1.54) is 30.3 Å². The molecule has 0 fully saturated rings. The fourth-order valence-corrected chi connectivity index (χ4v) is 10.4. The summed E-state index contributed by atoms with van der Waals surface area (Å²) in [6, 6.07) is 8.24. The molecular weight excluding hydrogens is 690 g/mol. The van der Waals surface area contributed by atoms with E-state index in [1.54, 1.807) is 0 Å². The van der Waals surface area contributed by atoms with Crippen molar-refractivity contribution in [2.24, 2.45) is 11.6 Å². The number of hydrogen-bond donors (Lipinski definition) is 11. The Bertz CT molecular complexity index is 1150. The van der Waals surface area contributed by atoms with E-state index >= 15 is 0 Å². The summed E-state index contributed by atoms with van der Waals surface area (Å²) in [7, 11) is 0. The molecule has 13 N–H and O–H groups in total. The summed E-state index contributed by atoms with van der Waals surface area (Å²) in [5.41, 5.74) is 2.12. The van der Waals surface area contributed by atoms with Crippen LogP contribution in [0, 0.1) is 0 Å². The molecule has 0 aliphatic carbocycles. The average molecular weight is 711 g/mol. The van der Waals surface area contributed by atoms with Gasteiger partial charge in [0.15, 0.2) is 0 Å². The van der Waals surface area contributed by atoms with Gasteiger partial charge in [0.25, 0.3) is 0 Å². The van der Waals surface area contributed by atoms with Crippen molar-refractivity contribution in [2.45, 2.75) is 29.1 Å². The first-order chi connectivity index (χ1) is 15.5. The summed E-state index contributed by atoms with van der Waals surface area (Å²) in [4.78, 5) is 17.1. The van der Waals surface area contributed by atoms with Crippen molar-refractivity contribution < 1.29 is 77.6 Å². The summed E-state index contributed by atoms with van der Waals surface area (Å²) < 4.78 is 4.00. The van der Waals surface area contributed by atoms with Crippen molar-refractivity contribution in [3.63, 3.8) is 0 Å². The van der Waals surface area contributed by atoms with Crippen molar-refractivity contribution in [1.29, 1.82) is 0 Å². The quantitative estimate of drug-likeness (QED) is 0.0400. The van der Waals surface area contributed by atoms with E-state index < -0.39 is 69.0 Å². The van der Waals surface area contributed by atoms with Gasteiger partial charge < -0.3 is 4.84 Å². The molecule has 0 aromatic heterocycles. The van der Waals surface area contributed by atoms with Crippen LogP contribution in [0.25, 0.3) is 10.8 Å². The van der Waals surface area contributed by atoms with Crippen LogP contribution in [0.15, 0.2) is 36.4 Å². The van der Waals surface area contributed by atoms with Gasteiger partial charge in [-0.2, -0.15) is 5.90 Å². The molecule has 0 bridgehead atoms. The predicted octanol–water partition coefficient (Wildman–Crippen LogP) is -7.42. The Hall–Kier alpha value is -1.14. The third-order valence-corrected chi connectivity index (χ3v) is 16.6. The summed E-state index contributed by atoms with van der Waals surface area (Å²) in [5.74, 6) is -14.1. The molecule has 2 aromatic carbocycles. The maximum atomic E-state index is 12.5. The van der Waals surface area contributed by atoms with Crippen LogP contribution in [0.1, 0.15) is 5.56 Å². The van der Waals surface area contributed by atoms with Crippen LogP contribution in [-0.4, -0.2) is 83.2 Å². The van der Waals surface area contributed by atoms with Crippen LogP contribution in [0.3, 0.4) is 0 Å². The van der Waals surface area contributed by atoms with Crippen LogP contribution in [0.2, 0.25) is 0 Å². The van der Waals surface area contributed by atoms with Gasteiger partial charge in [-0.3, -0.25) is 0 Å². The van der Waals surface area contributed by atoms with Crippen molar-refractivity contribution in [3.05, 3.63) is 42.0 Å². The van der Waals surface area contributed by atoms with Crippen molar-refractivity contribution in [1.82, 2.24) is 0 Å². The second-order valence-corrected chi connectivity index (χ2v) is 17.0. The molecule has 3 rings (SSSR count). The zero-order valence-corrected chi connectivity index (χ0v) is 21.1. The third kappa shape index (κ3) is 4.42. The minimum absolute atomic E-state index is 0.102. The molecule has 0 unspecified atom stereocenters. The minimum atomic E-state index is -4.69. The van der Waals surface area contributed by atoms with E-state index in [9.17, 15) is 50.8 Å². The summed E-state index contributed by atoms with van der Waals surface area (Å²) in [5, 5.41) is 91.9. The first-order valence-electron chi connectivity index (χ1n) is 9.03. The normalized spacial score (nSPS) is 17.4. The van der Waals surface area contributed by atoms with Crippen molar-refractivity contribution in [2.75, 3.05) is 4.43 Å². The molecule has 14 nitrogen and oxygen atoms in total. The van der Waals surface area contributed by atoms with Gasteiger partial charge in [0.05, 0.1) is 0 Å². The zero-order chi connectivity index (χ0) is 25.7. The standard InChI is InChI=1S/C18H21I2N2O12/c21-14(24,10-3-1-9-6-11(34-22)4-2-8(9)5-10)13(23)33-18(31,32)17(29,30)16(27,28)15(25,26)12-7-19-20-12/h1-6,24-32H,7,21-22H2/q-1/t14-/m1/s1. The average Bonchev–Trinajstić information content (AvgIpc) is 2.70. The number of ether oxygens (including phenoxy) is 1. The van der Waals surface area contributed by atoms with Gasteiger partial charge in [-0.05, 0) is 17.5 Å². The second kappa shape index (κ2) is 9.06. The fourth-order valence-electron chi connectivity index (χ4n) is 2.83. The fraction of sp³-hybridized carbons (Fsp3) is 0.333. The number of carbonyl (C=O) groups excluding carboxylic acids is 1. The number of nitrogens with two attached hydrogens (primary N) is 2. The van der Waals surface area contributed by atoms with Gasteiger partial charge in [0.2, 0.25) is 0 Å². The second-order valence-electron chi connectivity index (χ2n) is 7.33.